The molecule has 21 heavy (non-hydrogen) atoms. The summed E-state index contributed by atoms with van der Waals surface area (Å²) in [5.74, 6) is 0. The van der Waals surface area contributed by atoms with Crippen LogP contribution in [0.4, 0.5) is 0 Å². The summed E-state index contributed by atoms with van der Waals surface area (Å²) in [7, 11) is 0. The van der Waals surface area contributed by atoms with Crippen molar-refractivity contribution in [2.45, 2.75) is 50.2 Å². The fourth-order valence-corrected chi connectivity index (χ4v) is 3.52. The third kappa shape index (κ3) is 3.57. The molecule has 0 aliphatic heterocycles. The molecule has 0 aliphatic rings. The number of nitrogens with two attached hydrogens (primary N) is 1. The standard InChI is InChI=1S/C15H22N4OS/c1-4-9-19-14(20)17-18-15(19)21-13(11(3)16)12-8-6-5-7-10(12)2/h5-8,11,13H,4,9,16H2,1-3H3,(H,17,20). The molecular formula is C15H22N4OS. The third-order valence-electron chi connectivity index (χ3n) is 3.38. The van der Waals surface area contributed by atoms with Crippen LogP contribution in [0.3, 0.4) is 0 Å². The van der Waals surface area contributed by atoms with Crippen LogP contribution in [0, 0.1) is 6.92 Å². The number of rotatable bonds is 6. The Bertz CT molecular complexity index is 647. The van der Waals surface area contributed by atoms with Gasteiger partial charge in [-0.2, -0.15) is 0 Å². The van der Waals surface area contributed by atoms with Crippen molar-refractivity contribution in [2.75, 3.05) is 0 Å². The number of aromatic amines is 1. The maximum atomic E-state index is 11.8. The van der Waals surface area contributed by atoms with Crippen LogP contribution in [0.15, 0.2) is 34.2 Å². The Balaban J connectivity index is 2.34. The van der Waals surface area contributed by atoms with Gasteiger partial charge in [-0.3, -0.25) is 4.57 Å². The Morgan fingerprint density at radius 2 is 2.14 bits per heavy atom. The molecule has 114 valence electrons. The number of H-pyrrole nitrogens is 1. The molecule has 0 bridgehead atoms. The number of thioether (sulfide) groups is 1. The molecule has 0 spiro atoms. The number of aryl methyl sites for hydroxylation is 1. The number of nitrogens with zero attached hydrogens (tertiary/aromatic N) is 2. The van der Waals surface area contributed by atoms with Crippen LogP contribution in [0.25, 0.3) is 0 Å². The van der Waals surface area contributed by atoms with E-state index >= 15 is 0 Å². The van der Waals surface area contributed by atoms with Crippen LogP contribution in [0.1, 0.15) is 36.6 Å². The maximum absolute atomic E-state index is 11.8. The van der Waals surface area contributed by atoms with E-state index < -0.39 is 0 Å². The van der Waals surface area contributed by atoms with Crippen LogP contribution >= 0.6 is 11.8 Å². The lowest BCUT2D eigenvalue weighted by Gasteiger charge is -2.22. The molecule has 2 aromatic rings. The van der Waals surface area contributed by atoms with E-state index in [1.807, 2.05) is 26.0 Å². The maximum Gasteiger partial charge on any atom is 0.343 e. The van der Waals surface area contributed by atoms with Gasteiger partial charge in [-0.15, -0.1) is 5.10 Å². The van der Waals surface area contributed by atoms with Gasteiger partial charge in [0.15, 0.2) is 5.16 Å². The molecule has 0 radical (unpaired) electrons. The first-order chi connectivity index (χ1) is 10.0. The molecule has 6 heteroatoms. The zero-order valence-electron chi connectivity index (χ0n) is 12.7. The largest absolute Gasteiger partial charge is 0.343 e. The quantitative estimate of drug-likeness (QED) is 0.804. The molecule has 2 unspecified atom stereocenters. The van der Waals surface area contributed by atoms with Crippen molar-refractivity contribution in [1.29, 1.82) is 0 Å². The minimum absolute atomic E-state index is 0.0435. The summed E-state index contributed by atoms with van der Waals surface area (Å²) in [6, 6.07) is 8.16. The molecule has 0 fully saturated rings. The molecule has 0 amide bonds. The summed E-state index contributed by atoms with van der Waals surface area (Å²) in [5, 5.41) is 7.44. The Kier molecular flexibility index (Phi) is 5.25. The molecule has 2 atom stereocenters. The van der Waals surface area contributed by atoms with E-state index in [4.69, 9.17) is 5.73 Å². The number of hydrogen-bond acceptors (Lipinski definition) is 4. The van der Waals surface area contributed by atoms with Gasteiger partial charge in [0, 0.05) is 12.6 Å². The van der Waals surface area contributed by atoms with E-state index in [1.54, 1.807) is 16.3 Å². The van der Waals surface area contributed by atoms with E-state index in [2.05, 4.69) is 29.3 Å². The zero-order valence-corrected chi connectivity index (χ0v) is 13.5. The second-order valence-corrected chi connectivity index (χ2v) is 6.33. The fraction of sp³-hybridized carbons (Fsp3) is 0.467. The minimum Gasteiger partial charge on any atom is -0.327 e. The monoisotopic (exact) mass is 306 g/mol. The lowest BCUT2D eigenvalue weighted by Crippen LogP contribution is -2.24. The predicted octanol–water partition coefficient (Wildman–Crippen LogP) is 2.47. The van der Waals surface area contributed by atoms with Crippen LogP contribution in [-0.2, 0) is 6.54 Å². The van der Waals surface area contributed by atoms with Gasteiger partial charge in [0.05, 0.1) is 5.25 Å². The Labute approximate surface area is 128 Å². The third-order valence-corrected chi connectivity index (χ3v) is 4.84. The molecule has 1 aromatic carbocycles. The topological polar surface area (TPSA) is 76.7 Å². The van der Waals surface area contributed by atoms with Gasteiger partial charge in [0.1, 0.15) is 0 Å². The molecule has 0 aliphatic carbocycles. The van der Waals surface area contributed by atoms with Crippen molar-refractivity contribution >= 4 is 11.8 Å². The van der Waals surface area contributed by atoms with E-state index in [0.29, 0.717) is 11.7 Å². The minimum atomic E-state index is -0.160. The van der Waals surface area contributed by atoms with Crippen LogP contribution in [0.5, 0.6) is 0 Å². The first-order valence-corrected chi connectivity index (χ1v) is 8.05. The van der Waals surface area contributed by atoms with Crippen molar-refractivity contribution in [3.05, 3.63) is 45.9 Å². The summed E-state index contributed by atoms with van der Waals surface area (Å²) < 4.78 is 1.68. The Morgan fingerprint density at radius 1 is 1.43 bits per heavy atom. The highest BCUT2D eigenvalue weighted by Gasteiger charge is 2.22. The summed E-state index contributed by atoms with van der Waals surface area (Å²) in [4.78, 5) is 11.8. The highest BCUT2D eigenvalue weighted by molar-refractivity contribution is 7.99. The Morgan fingerprint density at radius 3 is 2.76 bits per heavy atom. The van der Waals surface area contributed by atoms with Gasteiger partial charge in [-0.25, -0.2) is 9.89 Å². The van der Waals surface area contributed by atoms with Crippen molar-refractivity contribution in [2.24, 2.45) is 5.73 Å². The second kappa shape index (κ2) is 6.95. The number of hydrogen-bond donors (Lipinski definition) is 2. The molecule has 0 saturated heterocycles. The van der Waals surface area contributed by atoms with Crippen molar-refractivity contribution in [3.63, 3.8) is 0 Å². The van der Waals surface area contributed by atoms with Gasteiger partial charge in [0.2, 0.25) is 0 Å². The molecule has 5 nitrogen and oxygen atoms in total. The van der Waals surface area contributed by atoms with Crippen molar-refractivity contribution in [3.8, 4) is 0 Å². The average Bonchev–Trinajstić information content (AvgIpc) is 2.79. The van der Waals surface area contributed by atoms with Crippen LogP contribution in [-0.4, -0.2) is 20.8 Å². The predicted molar refractivity (Wildman–Crippen MR) is 86.6 cm³/mol. The summed E-state index contributed by atoms with van der Waals surface area (Å²) in [6.45, 7) is 6.77. The van der Waals surface area contributed by atoms with Crippen LogP contribution in [0.2, 0.25) is 0 Å². The number of aromatic nitrogens is 3. The molecule has 2 rings (SSSR count). The number of benzene rings is 1. The first kappa shape index (κ1) is 15.9. The van der Waals surface area contributed by atoms with Crippen LogP contribution < -0.4 is 11.4 Å². The molecule has 1 aromatic heterocycles. The van der Waals surface area contributed by atoms with Crippen molar-refractivity contribution < 1.29 is 0 Å². The fourth-order valence-electron chi connectivity index (χ4n) is 2.29. The highest BCUT2D eigenvalue weighted by atomic mass is 32.2. The highest BCUT2D eigenvalue weighted by Crippen LogP contribution is 2.37. The second-order valence-electron chi connectivity index (χ2n) is 5.22. The van der Waals surface area contributed by atoms with Gasteiger partial charge < -0.3 is 5.73 Å². The summed E-state index contributed by atoms with van der Waals surface area (Å²) in [6.07, 6.45) is 0.889. The van der Waals surface area contributed by atoms with Gasteiger partial charge >= 0.3 is 5.69 Å². The van der Waals surface area contributed by atoms with Crippen molar-refractivity contribution in [1.82, 2.24) is 14.8 Å². The van der Waals surface area contributed by atoms with E-state index in [9.17, 15) is 4.79 Å². The number of nitrogens with one attached hydrogen (secondary N) is 1. The van der Waals surface area contributed by atoms with E-state index in [1.165, 1.54) is 11.1 Å². The average molecular weight is 306 g/mol. The lowest BCUT2D eigenvalue weighted by molar-refractivity contribution is 0.600. The van der Waals surface area contributed by atoms with Gasteiger partial charge in [0.25, 0.3) is 0 Å². The molecule has 1 heterocycles. The molecular weight excluding hydrogens is 284 g/mol. The van der Waals surface area contributed by atoms with Gasteiger partial charge in [-0.05, 0) is 31.4 Å². The molecule has 3 N–H and O–H groups in total. The Hall–Kier alpha value is -1.53. The summed E-state index contributed by atoms with van der Waals surface area (Å²) >= 11 is 1.55. The van der Waals surface area contributed by atoms with Gasteiger partial charge in [-0.1, -0.05) is 43.0 Å². The SMILES string of the molecule is CCCn1c(SC(c2ccccc2C)C(C)N)n[nH]c1=O. The van der Waals surface area contributed by atoms with E-state index in [0.717, 1.165) is 6.42 Å². The summed E-state index contributed by atoms with van der Waals surface area (Å²) in [5.41, 5.74) is 8.40. The lowest BCUT2D eigenvalue weighted by atomic mass is 10.0. The molecule has 0 saturated carbocycles. The first-order valence-electron chi connectivity index (χ1n) is 7.17. The zero-order chi connectivity index (χ0) is 15.4. The van der Waals surface area contributed by atoms with E-state index in [-0.39, 0.29) is 17.0 Å². The normalized spacial score (nSPS) is 14.1. The smallest absolute Gasteiger partial charge is 0.327 e.